The maximum Gasteiger partial charge on any atom is 0.326 e. The van der Waals surface area contributed by atoms with Gasteiger partial charge in [-0.25, -0.2) is 4.79 Å². The average molecular weight is 275 g/mol. The molecule has 1 amide bonds. The molecule has 1 aliphatic rings. The molecule has 0 radical (unpaired) electrons. The fourth-order valence-electron chi connectivity index (χ4n) is 2.19. The second-order valence-electron chi connectivity index (χ2n) is 4.91. The van der Waals surface area contributed by atoms with Gasteiger partial charge in [0.25, 0.3) is 0 Å². The van der Waals surface area contributed by atoms with Gasteiger partial charge < -0.3 is 15.5 Å². The summed E-state index contributed by atoms with van der Waals surface area (Å²) in [5.41, 5.74) is 0.750. The van der Waals surface area contributed by atoms with Crippen molar-refractivity contribution in [3.8, 4) is 5.75 Å². The van der Waals surface area contributed by atoms with Gasteiger partial charge >= 0.3 is 5.97 Å². The van der Waals surface area contributed by atoms with E-state index in [4.69, 9.17) is 0 Å². The number of rotatable bonds is 5. The highest BCUT2D eigenvalue weighted by Gasteiger charge is 2.25. The fraction of sp³-hybridized carbons (Fsp3) is 0.333. The van der Waals surface area contributed by atoms with E-state index in [1.165, 1.54) is 12.1 Å². The molecule has 0 saturated carbocycles. The van der Waals surface area contributed by atoms with E-state index in [2.05, 4.69) is 5.32 Å². The lowest BCUT2D eigenvalue weighted by atomic mass is 10.0. The van der Waals surface area contributed by atoms with Gasteiger partial charge in [0.1, 0.15) is 11.8 Å². The van der Waals surface area contributed by atoms with E-state index in [0.29, 0.717) is 12.8 Å². The summed E-state index contributed by atoms with van der Waals surface area (Å²) >= 11 is 0. The summed E-state index contributed by atoms with van der Waals surface area (Å²) in [7, 11) is 0. The molecule has 2 rings (SSSR count). The number of benzene rings is 1. The van der Waals surface area contributed by atoms with Gasteiger partial charge in [0.2, 0.25) is 5.91 Å². The van der Waals surface area contributed by atoms with E-state index in [-0.39, 0.29) is 24.0 Å². The summed E-state index contributed by atoms with van der Waals surface area (Å²) in [5.74, 6) is -1.31. The molecule has 0 bridgehead atoms. The third-order valence-corrected chi connectivity index (χ3v) is 3.37. The van der Waals surface area contributed by atoms with Crippen molar-refractivity contribution in [3.05, 3.63) is 42.0 Å². The van der Waals surface area contributed by atoms with E-state index in [9.17, 15) is 19.8 Å². The molecule has 3 N–H and O–H groups in total. The summed E-state index contributed by atoms with van der Waals surface area (Å²) in [6.45, 7) is 0. The van der Waals surface area contributed by atoms with Gasteiger partial charge in [-0.3, -0.25) is 4.79 Å². The molecule has 0 spiro atoms. The highest BCUT2D eigenvalue weighted by atomic mass is 16.4. The third kappa shape index (κ3) is 3.60. The standard InChI is InChI=1S/C15H17NO4/c17-12-7-5-10(6-8-12)9-13(15(19)20)16-14(18)11-3-1-2-4-11/h1-2,5-8,11,13,17H,3-4,9H2,(H,16,18)(H,19,20)/t13-/m1/s1. The highest BCUT2D eigenvalue weighted by molar-refractivity contribution is 5.85. The van der Waals surface area contributed by atoms with Crippen molar-refractivity contribution in [2.24, 2.45) is 5.92 Å². The number of hydrogen-bond donors (Lipinski definition) is 3. The monoisotopic (exact) mass is 275 g/mol. The number of carbonyl (C=O) groups excluding carboxylic acids is 1. The van der Waals surface area contributed by atoms with Crippen LogP contribution < -0.4 is 5.32 Å². The predicted octanol–water partition coefficient (Wildman–Crippen LogP) is 1.47. The summed E-state index contributed by atoms with van der Waals surface area (Å²) in [5, 5.41) is 21.0. The minimum atomic E-state index is -1.06. The van der Waals surface area contributed by atoms with Gasteiger partial charge in [0.05, 0.1) is 0 Å². The molecule has 0 aliphatic heterocycles. The lowest BCUT2D eigenvalue weighted by Crippen LogP contribution is -2.44. The van der Waals surface area contributed by atoms with Crippen molar-refractivity contribution < 1.29 is 19.8 Å². The number of aromatic hydroxyl groups is 1. The van der Waals surface area contributed by atoms with Crippen LogP contribution in [-0.2, 0) is 16.0 Å². The number of hydrogen-bond acceptors (Lipinski definition) is 3. The molecule has 1 aromatic rings. The Balaban J connectivity index is 1.98. The lowest BCUT2D eigenvalue weighted by molar-refractivity contribution is -0.142. The molecule has 0 fully saturated rings. The van der Waals surface area contributed by atoms with Gasteiger partial charge in [0, 0.05) is 12.3 Å². The molecule has 0 aromatic heterocycles. The molecule has 0 heterocycles. The average Bonchev–Trinajstić information content (AvgIpc) is 2.94. The Kier molecular flexibility index (Phi) is 4.40. The molecule has 20 heavy (non-hydrogen) atoms. The SMILES string of the molecule is O=C(N[C@H](Cc1ccc(O)cc1)C(=O)O)C1CC=CC1. The summed E-state index contributed by atoms with van der Waals surface area (Å²) in [6.07, 6.45) is 5.39. The molecular weight excluding hydrogens is 258 g/mol. The first-order valence-corrected chi connectivity index (χ1v) is 6.52. The highest BCUT2D eigenvalue weighted by Crippen LogP contribution is 2.18. The smallest absolute Gasteiger partial charge is 0.326 e. The molecule has 1 aliphatic carbocycles. The van der Waals surface area contributed by atoms with Gasteiger partial charge in [-0.2, -0.15) is 0 Å². The summed E-state index contributed by atoms with van der Waals surface area (Å²) < 4.78 is 0. The van der Waals surface area contributed by atoms with Crippen LogP contribution >= 0.6 is 0 Å². The van der Waals surface area contributed by atoms with E-state index in [1.807, 2.05) is 12.2 Å². The number of aliphatic carboxylic acids is 1. The number of nitrogens with one attached hydrogen (secondary N) is 1. The van der Waals surface area contributed by atoms with Crippen LogP contribution in [0, 0.1) is 5.92 Å². The van der Waals surface area contributed by atoms with E-state index in [1.54, 1.807) is 12.1 Å². The Hall–Kier alpha value is -2.30. The molecular formula is C15H17NO4. The van der Waals surface area contributed by atoms with Crippen LogP contribution in [0.4, 0.5) is 0 Å². The normalized spacial score (nSPS) is 16.0. The van der Waals surface area contributed by atoms with E-state index < -0.39 is 12.0 Å². The maximum atomic E-state index is 12.0. The van der Waals surface area contributed by atoms with Crippen LogP contribution in [0.3, 0.4) is 0 Å². The van der Waals surface area contributed by atoms with Crippen LogP contribution in [0.15, 0.2) is 36.4 Å². The maximum absolute atomic E-state index is 12.0. The van der Waals surface area contributed by atoms with Crippen LogP contribution in [0.2, 0.25) is 0 Å². The zero-order valence-corrected chi connectivity index (χ0v) is 11.0. The third-order valence-electron chi connectivity index (χ3n) is 3.37. The minimum absolute atomic E-state index is 0.127. The molecule has 1 aromatic carbocycles. The number of allylic oxidation sites excluding steroid dienone is 2. The van der Waals surface area contributed by atoms with Gasteiger partial charge in [-0.1, -0.05) is 24.3 Å². The van der Waals surface area contributed by atoms with Crippen molar-refractivity contribution >= 4 is 11.9 Å². The minimum Gasteiger partial charge on any atom is -0.508 e. The Morgan fingerprint density at radius 3 is 2.35 bits per heavy atom. The van der Waals surface area contributed by atoms with Crippen molar-refractivity contribution in [1.29, 1.82) is 0 Å². The topological polar surface area (TPSA) is 86.6 Å². The molecule has 0 unspecified atom stereocenters. The Bertz CT molecular complexity index is 513. The van der Waals surface area contributed by atoms with E-state index >= 15 is 0 Å². The van der Waals surface area contributed by atoms with Crippen LogP contribution in [0.5, 0.6) is 5.75 Å². The molecule has 106 valence electrons. The first kappa shape index (κ1) is 14.1. The summed E-state index contributed by atoms with van der Waals surface area (Å²) in [4.78, 5) is 23.2. The van der Waals surface area contributed by atoms with Crippen LogP contribution in [0.1, 0.15) is 18.4 Å². The number of carbonyl (C=O) groups is 2. The first-order valence-electron chi connectivity index (χ1n) is 6.52. The second kappa shape index (κ2) is 6.23. The first-order chi connectivity index (χ1) is 9.56. The van der Waals surface area contributed by atoms with Gasteiger partial charge in [-0.05, 0) is 30.5 Å². The fourth-order valence-corrected chi connectivity index (χ4v) is 2.19. The Morgan fingerprint density at radius 2 is 1.80 bits per heavy atom. The molecule has 1 atom stereocenters. The zero-order valence-electron chi connectivity index (χ0n) is 11.0. The molecule has 0 saturated heterocycles. The zero-order chi connectivity index (χ0) is 14.5. The number of phenolic OH excluding ortho intramolecular Hbond substituents is 1. The van der Waals surface area contributed by atoms with Crippen molar-refractivity contribution in [2.45, 2.75) is 25.3 Å². The van der Waals surface area contributed by atoms with E-state index in [0.717, 1.165) is 5.56 Å². The van der Waals surface area contributed by atoms with Crippen LogP contribution in [-0.4, -0.2) is 28.1 Å². The van der Waals surface area contributed by atoms with Crippen molar-refractivity contribution in [1.82, 2.24) is 5.32 Å². The second-order valence-corrected chi connectivity index (χ2v) is 4.91. The largest absolute Gasteiger partial charge is 0.508 e. The Morgan fingerprint density at radius 1 is 1.20 bits per heavy atom. The molecule has 5 nitrogen and oxygen atoms in total. The predicted molar refractivity (Wildman–Crippen MR) is 73.2 cm³/mol. The lowest BCUT2D eigenvalue weighted by Gasteiger charge is -2.17. The van der Waals surface area contributed by atoms with Crippen molar-refractivity contribution in [2.75, 3.05) is 0 Å². The number of carboxylic acids is 1. The van der Waals surface area contributed by atoms with Crippen molar-refractivity contribution in [3.63, 3.8) is 0 Å². The Labute approximate surface area is 116 Å². The van der Waals surface area contributed by atoms with Crippen LogP contribution in [0.25, 0.3) is 0 Å². The van der Waals surface area contributed by atoms with Gasteiger partial charge in [0.15, 0.2) is 0 Å². The number of carboxylic acid groups (broad SMARTS) is 1. The van der Waals surface area contributed by atoms with Gasteiger partial charge in [-0.15, -0.1) is 0 Å². The number of phenols is 1. The number of amides is 1. The summed E-state index contributed by atoms with van der Waals surface area (Å²) in [6, 6.07) is 5.34. The molecule has 5 heteroatoms. The quantitative estimate of drug-likeness (QED) is 0.710.